The fraction of sp³-hybridized carbons (Fsp3) is 0.160. The highest BCUT2D eigenvalue weighted by molar-refractivity contribution is 5.88. The van der Waals surface area contributed by atoms with E-state index in [4.69, 9.17) is 14.4 Å². The van der Waals surface area contributed by atoms with Crippen LogP contribution in [0.2, 0.25) is 0 Å². The summed E-state index contributed by atoms with van der Waals surface area (Å²) in [5, 5.41) is 8.63. The number of hydrogen-bond acceptors (Lipinski definition) is 5. The zero-order valence-electron chi connectivity index (χ0n) is 17.5. The summed E-state index contributed by atoms with van der Waals surface area (Å²) in [4.78, 5) is 12.3. The largest absolute Gasteiger partial charge is 0.457 e. The summed E-state index contributed by atoms with van der Waals surface area (Å²) in [5.74, 6) is 0.220. The minimum absolute atomic E-state index is 0.128. The molecule has 0 fully saturated rings. The molecule has 0 bridgehead atoms. The molecular formula is C25H23N3O3. The highest BCUT2D eigenvalue weighted by Crippen LogP contribution is 2.23. The van der Waals surface area contributed by atoms with E-state index in [9.17, 15) is 4.79 Å². The van der Waals surface area contributed by atoms with Gasteiger partial charge in [-0.25, -0.2) is 4.79 Å². The van der Waals surface area contributed by atoms with Gasteiger partial charge >= 0.3 is 5.97 Å². The van der Waals surface area contributed by atoms with Gasteiger partial charge in [-0.15, -0.1) is 0 Å². The lowest BCUT2D eigenvalue weighted by Gasteiger charge is -2.01. The highest BCUT2D eigenvalue weighted by atomic mass is 16.5. The van der Waals surface area contributed by atoms with Crippen LogP contribution in [0, 0.1) is 13.8 Å². The lowest BCUT2D eigenvalue weighted by molar-refractivity contribution is -0.138. The molecule has 0 aliphatic rings. The number of esters is 1. The summed E-state index contributed by atoms with van der Waals surface area (Å²) in [6.07, 6.45) is 5.11. The first kappa shape index (κ1) is 20.3. The van der Waals surface area contributed by atoms with Crippen molar-refractivity contribution in [2.45, 2.75) is 27.0 Å². The van der Waals surface area contributed by atoms with Gasteiger partial charge in [0.25, 0.3) is 0 Å². The van der Waals surface area contributed by atoms with E-state index < -0.39 is 5.97 Å². The van der Waals surface area contributed by atoms with Crippen molar-refractivity contribution in [3.63, 3.8) is 0 Å². The minimum atomic E-state index is -0.435. The molecule has 2 heterocycles. The molecule has 0 saturated carbocycles. The van der Waals surface area contributed by atoms with Gasteiger partial charge in [0.1, 0.15) is 12.4 Å². The van der Waals surface area contributed by atoms with Crippen LogP contribution in [0.3, 0.4) is 0 Å². The molecule has 0 spiro atoms. The van der Waals surface area contributed by atoms with Gasteiger partial charge < -0.3 is 9.26 Å². The summed E-state index contributed by atoms with van der Waals surface area (Å²) in [7, 11) is 0. The minimum Gasteiger partial charge on any atom is -0.457 e. The number of aryl methyl sites for hydroxylation is 2. The smallest absolute Gasteiger partial charge is 0.331 e. The molecule has 4 aromatic rings. The molecule has 0 saturated heterocycles. The Hall–Kier alpha value is -3.93. The van der Waals surface area contributed by atoms with E-state index in [1.807, 2.05) is 66.3 Å². The summed E-state index contributed by atoms with van der Waals surface area (Å²) >= 11 is 0. The number of ether oxygens (including phenoxy) is 1. The van der Waals surface area contributed by atoms with Crippen molar-refractivity contribution in [3.8, 4) is 11.3 Å². The molecule has 2 aromatic heterocycles. The topological polar surface area (TPSA) is 70.2 Å². The Labute approximate surface area is 180 Å². The SMILES string of the molecule is Cc1noc(C)c1COC(=O)/C=C/c1cn(Cc2ccccc2)nc1-c1ccccc1. The lowest BCUT2D eigenvalue weighted by Crippen LogP contribution is -2.02. The second-order valence-electron chi connectivity index (χ2n) is 7.23. The predicted octanol–water partition coefficient (Wildman–Crippen LogP) is 4.96. The molecule has 0 aliphatic carbocycles. The van der Waals surface area contributed by atoms with Crippen LogP contribution in [0.15, 0.2) is 77.5 Å². The van der Waals surface area contributed by atoms with E-state index in [1.165, 1.54) is 6.08 Å². The monoisotopic (exact) mass is 413 g/mol. The van der Waals surface area contributed by atoms with E-state index in [0.717, 1.165) is 33.6 Å². The molecule has 0 N–H and O–H groups in total. The van der Waals surface area contributed by atoms with E-state index >= 15 is 0 Å². The molecule has 0 amide bonds. The van der Waals surface area contributed by atoms with E-state index in [1.54, 1.807) is 13.0 Å². The molecule has 6 nitrogen and oxygen atoms in total. The Kier molecular flexibility index (Phi) is 6.08. The van der Waals surface area contributed by atoms with Crippen LogP contribution in [0.5, 0.6) is 0 Å². The van der Waals surface area contributed by atoms with Crippen LogP contribution in [-0.4, -0.2) is 20.9 Å². The third-order valence-corrected chi connectivity index (χ3v) is 4.96. The predicted molar refractivity (Wildman–Crippen MR) is 118 cm³/mol. The maximum atomic E-state index is 12.3. The van der Waals surface area contributed by atoms with Crippen LogP contribution < -0.4 is 0 Å². The van der Waals surface area contributed by atoms with Crippen LogP contribution in [0.4, 0.5) is 0 Å². The number of hydrogen-bond donors (Lipinski definition) is 0. The van der Waals surface area contributed by atoms with Crippen molar-refractivity contribution in [1.82, 2.24) is 14.9 Å². The van der Waals surface area contributed by atoms with E-state index in [0.29, 0.717) is 12.3 Å². The third-order valence-electron chi connectivity index (χ3n) is 4.96. The molecule has 0 aliphatic heterocycles. The fourth-order valence-electron chi connectivity index (χ4n) is 3.29. The number of rotatable bonds is 7. The van der Waals surface area contributed by atoms with Crippen LogP contribution in [0.25, 0.3) is 17.3 Å². The van der Waals surface area contributed by atoms with E-state index in [-0.39, 0.29) is 6.61 Å². The first-order chi connectivity index (χ1) is 15.1. The normalized spacial score (nSPS) is 11.2. The van der Waals surface area contributed by atoms with Crippen LogP contribution in [-0.2, 0) is 22.7 Å². The number of carbonyl (C=O) groups is 1. The van der Waals surface area contributed by atoms with Crippen LogP contribution in [0.1, 0.15) is 28.1 Å². The second-order valence-corrected chi connectivity index (χ2v) is 7.23. The van der Waals surface area contributed by atoms with Gasteiger partial charge in [0.2, 0.25) is 0 Å². The van der Waals surface area contributed by atoms with Crippen molar-refractivity contribution in [2.24, 2.45) is 0 Å². The summed E-state index contributed by atoms with van der Waals surface area (Å²) in [6.45, 7) is 4.39. The molecule has 156 valence electrons. The van der Waals surface area contributed by atoms with Crippen molar-refractivity contribution in [2.75, 3.05) is 0 Å². The number of carbonyl (C=O) groups excluding carboxylic acids is 1. The third kappa shape index (κ3) is 4.98. The molecule has 0 atom stereocenters. The standard InChI is InChI=1S/C25H23N3O3/c1-18-23(19(2)31-27-18)17-30-24(29)14-13-22-16-28(15-20-9-5-3-6-10-20)26-25(22)21-11-7-4-8-12-21/h3-14,16H,15,17H2,1-2H3/b14-13+. The second kappa shape index (κ2) is 9.26. The quantitative estimate of drug-likeness (QED) is 0.316. The lowest BCUT2D eigenvalue weighted by atomic mass is 10.1. The molecule has 0 radical (unpaired) electrons. The summed E-state index contributed by atoms with van der Waals surface area (Å²) in [5.41, 5.74) is 5.31. The van der Waals surface area contributed by atoms with Gasteiger partial charge in [-0.2, -0.15) is 5.10 Å². The molecule has 31 heavy (non-hydrogen) atoms. The van der Waals surface area contributed by atoms with Crippen LogP contribution >= 0.6 is 0 Å². The van der Waals surface area contributed by atoms with Crippen molar-refractivity contribution in [1.29, 1.82) is 0 Å². The Morgan fingerprint density at radius 3 is 2.45 bits per heavy atom. The Morgan fingerprint density at radius 2 is 1.77 bits per heavy atom. The zero-order chi connectivity index (χ0) is 21.6. The van der Waals surface area contributed by atoms with Gasteiger partial charge in [0.05, 0.1) is 23.5 Å². The van der Waals surface area contributed by atoms with Gasteiger partial charge in [0.15, 0.2) is 0 Å². The van der Waals surface area contributed by atoms with Crippen molar-refractivity contribution >= 4 is 12.0 Å². The van der Waals surface area contributed by atoms with Crippen molar-refractivity contribution in [3.05, 3.63) is 101 Å². The zero-order valence-corrected chi connectivity index (χ0v) is 17.5. The number of nitrogens with zero attached hydrogens (tertiary/aromatic N) is 3. The number of benzene rings is 2. The Bertz CT molecular complexity index is 1170. The first-order valence-electron chi connectivity index (χ1n) is 10.0. The average Bonchev–Trinajstić information content (AvgIpc) is 3.34. The fourth-order valence-corrected chi connectivity index (χ4v) is 3.29. The molecule has 0 unspecified atom stereocenters. The van der Waals surface area contributed by atoms with Gasteiger partial charge in [-0.3, -0.25) is 4.68 Å². The number of aromatic nitrogens is 3. The maximum absolute atomic E-state index is 12.3. The highest BCUT2D eigenvalue weighted by Gasteiger charge is 2.12. The summed E-state index contributed by atoms with van der Waals surface area (Å²) in [6, 6.07) is 20.0. The maximum Gasteiger partial charge on any atom is 0.331 e. The van der Waals surface area contributed by atoms with E-state index in [2.05, 4.69) is 17.3 Å². The summed E-state index contributed by atoms with van der Waals surface area (Å²) < 4.78 is 12.3. The molecule has 6 heteroatoms. The Balaban J connectivity index is 1.53. The molecular weight excluding hydrogens is 390 g/mol. The van der Waals surface area contributed by atoms with Gasteiger partial charge in [-0.05, 0) is 25.5 Å². The molecule has 2 aromatic carbocycles. The van der Waals surface area contributed by atoms with Crippen molar-refractivity contribution < 1.29 is 14.1 Å². The average molecular weight is 413 g/mol. The molecule has 4 rings (SSSR count). The first-order valence-corrected chi connectivity index (χ1v) is 10.0. The Morgan fingerprint density at radius 1 is 1.06 bits per heavy atom. The van der Waals surface area contributed by atoms with Gasteiger partial charge in [-0.1, -0.05) is 65.8 Å². The van der Waals surface area contributed by atoms with Gasteiger partial charge in [0, 0.05) is 23.4 Å².